The van der Waals surface area contributed by atoms with Gasteiger partial charge in [-0.15, -0.1) is 0 Å². The highest BCUT2D eigenvalue weighted by Crippen LogP contribution is 2.68. The highest BCUT2D eigenvalue weighted by molar-refractivity contribution is 6.49. The van der Waals surface area contributed by atoms with Gasteiger partial charge < -0.3 is 18.8 Å². The maximum Gasteiger partial charge on any atom is 0.461 e. The van der Waals surface area contributed by atoms with Crippen LogP contribution in [-0.4, -0.2) is 24.6 Å². The summed E-state index contributed by atoms with van der Waals surface area (Å²) in [6.45, 7) is 11.0. The lowest BCUT2D eigenvalue weighted by Crippen LogP contribution is -2.65. The van der Waals surface area contributed by atoms with Gasteiger partial charge in [0.05, 0.1) is 23.9 Å². The van der Waals surface area contributed by atoms with E-state index in [1.807, 2.05) is 19.9 Å². The molecule has 4 aliphatic carbocycles. The Kier molecular flexibility index (Phi) is 3.58. The normalized spacial score (nSPS) is 43.1. The minimum atomic E-state index is -0.741. The Bertz CT molecular complexity index is 886. The molecule has 1 aromatic rings. The predicted octanol–water partition coefficient (Wildman–Crippen LogP) is 5.06. The number of rotatable bonds is 2. The summed E-state index contributed by atoms with van der Waals surface area (Å²) in [4.78, 5) is 0. The minimum Gasteiger partial charge on any atom is -0.462 e. The van der Waals surface area contributed by atoms with Crippen LogP contribution in [0.3, 0.4) is 0 Å². The number of ether oxygens (including phenoxy) is 2. The zero-order valence-corrected chi connectivity index (χ0v) is 18.0. The van der Waals surface area contributed by atoms with Crippen LogP contribution in [0.2, 0.25) is 5.82 Å². The van der Waals surface area contributed by atoms with Crippen molar-refractivity contribution in [3.8, 4) is 5.75 Å². The predicted molar refractivity (Wildman–Crippen MR) is 107 cm³/mol. The van der Waals surface area contributed by atoms with Gasteiger partial charge in [-0.2, -0.15) is 0 Å². The Labute approximate surface area is 172 Å². The number of hydrogen-bond donors (Lipinski definition) is 0. The largest absolute Gasteiger partial charge is 0.462 e. The first-order chi connectivity index (χ1) is 13.6. The fourth-order valence-electron chi connectivity index (χ4n) is 6.65. The van der Waals surface area contributed by atoms with Gasteiger partial charge in [0, 0.05) is 19.7 Å². The molecule has 0 aromatic heterocycles. The first-order valence-corrected chi connectivity index (χ1v) is 11.1. The molecule has 5 fully saturated rings. The lowest BCUT2D eigenvalue weighted by atomic mass is 9.43. The van der Waals surface area contributed by atoms with Gasteiger partial charge in [-0.1, -0.05) is 19.9 Å². The zero-order valence-electron chi connectivity index (χ0n) is 18.0. The van der Waals surface area contributed by atoms with Crippen LogP contribution < -0.4 is 4.74 Å². The molecule has 1 aromatic carbocycles. The van der Waals surface area contributed by atoms with Crippen molar-refractivity contribution in [1.82, 2.24) is 0 Å². The molecule has 2 bridgehead atoms. The van der Waals surface area contributed by atoms with Gasteiger partial charge in [-0.25, -0.2) is 4.39 Å². The number of halogens is 1. The van der Waals surface area contributed by atoms with Crippen molar-refractivity contribution < 1.29 is 23.2 Å². The summed E-state index contributed by atoms with van der Waals surface area (Å²) in [5, 5.41) is 0. The van der Waals surface area contributed by atoms with Gasteiger partial charge in [0.2, 0.25) is 5.79 Å². The third kappa shape index (κ3) is 2.49. The Hall–Kier alpha value is -1.11. The summed E-state index contributed by atoms with van der Waals surface area (Å²) in [7, 11) is -0.168. The second kappa shape index (κ2) is 5.57. The standard InChI is InChI=1S/C23H30BFO4/c1-21(2)12-8-18(21)23(5)19(9-12)28-24(29-23)16-10-14(16)13-6-7-17(25)15-11-26-22(3,4)27-20(13)15/h6-7,12,14,16,18-19H,8-11H2,1-5H3/t12?,14-,16-,18?,19?,23-/m0/s1. The molecule has 29 heavy (non-hydrogen) atoms. The van der Waals surface area contributed by atoms with E-state index in [2.05, 4.69) is 20.8 Å². The molecule has 0 spiro atoms. The minimum absolute atomic E-state index is 0.168. The summed E-state index contributed by atoms with van der Waals surface area (Å²) in [6.07, 6.45) is 3.57. The molecule has 2 heterocycles. The summed E-state index contributed by atoms with van der Waals surface area (Å²) >= 11 is 0. The van der Waals surface area contributed by atoms with Crippen molar-refractivity contribution in [3.63, 3.8) is 0 Å². The van der Waals surface area contributed by atoms with Crippen molar-refractivity contribution in [1.29, 1.82) is 0 Å². The smallest absolute Gasteiger partial charge is 0.461 e. The van der Waals surface area contributed by atoms with Crippen LogP contribution in [0, 0.1) is 23.1 Å². The molecule has 156 valence electrons. The van der Waals surface area contributed by atoms with Gasteiger partial charge >= 0.3 is 7.12 Å². The van der Waals surface area contributed by atoms with E-state index in [0.29, 0.717) is 28.5 Å². The molecule has 3 unspecified atom stereocenters. The van der Waals surface area contributed by atoms with Gasteiger partial charge in [-0.3, -0.25) is 0 Å². The van der Waals surface area contributed by atoms with E-state index < -0.39 is 5.79 Å². The van der Waals surface area contributed by atoms with E-state index in [1.54, 1.807) is 6.07 Å². The first kappa shape index (κ1) is 18.6. The van der Waals surface area contributed by atoms with Crippen molar-refractivity contribution in [2.45, 2.75) is 89.7 Å². The molecule has 2 aliphatic heterocycles. The molecule has 0 radical (unpaired) electrons. The molecule has 6 aliphatic rings. The number of fused-ring (bicyclic) bond motifs is 1. The molecular formula is C23H30BFO4. The Morgan fingerprint density at radius 2 is 1.86 bits per heavy atom. The van der Waals surface area contributed by atoms with E-state index in [1.165, 1.54) is 6.42 Å². The maximum atomic E-state index is 14.3. The van der Waals surface area contributed by atoms with E-state index >= 15 is 0 Å². The highest BCUT2D eigenvalue weighted by Gasteiger charge is 2.70. The van der Waals surface area contributed by atoms with E-state index in [-0.39, 0.29) is 37.2 Å². The molecule has 7 rings (SSSR count). The van der Waals surface area contributed by atoms with Gasteiger partial charge in [0.1, 0.15) is 11.6 Å². The van der Waals surface area contributed by atoms with Gasteiger partial charge in [-0.05, 0) is 61.0 Å². The first-order valence-electron chi connectivity index (χ1n) is 11.1. The van der Waals surface area contributed by atoms with Crippen LogP contribution in [0.15, 0.2) is 12.1 Å². The molecule has 0 amide bonds. The van der Waals surface area contributed by atoms with Crippen LogP contribution in [0.25, 0.3) is 0 Å². The van der Waals surface area contributed by atoms with Crippen LogP contribution in [-0.2, 0) is 20.7 Å². The molecule has 0 N–H and O–H groups in total. The number of hydrogen-bond acceptors (Lipinski definition) is 4. The molecular weight excluding hydrogens is 370 g/mol. The van der Waals surface area contributed by atoms with E-state index in [0.717, 1.165) is 24.3 Å². The second-order valence-electron chi connectivity index (χ2n) is 11.1. The van der Waals surface area contributed by atoms with Crippen LogP contribution >= 0.6 is 0 Å². The Morgan fingerprint density at radius 3 is 2.62 bits per heavy atom. The summed E-state index contributed by atoms with van der Waals surface area (Å²) in [5.41, 5.74) is 1.77. The fourth-order valence-corrected chi connectivity index (χ4v) is 6.65. The third-order valence-corrected chi connectivity index (χ3v) is 8.70. The van der Waals surface area contributed by atoms with E-state index in [4.69, 9.17) is 18.8 Å². The molecule has 6 atom stereocenters. The summed E-state index contributed by atoms with van der Waals surface area (Å²) < 4.78 is 39.2. The lowest BCUT2D eigenvalue weighted by molar-refractivity contribution is -0.199. The summed E-state index contributed by atoms with van der Waals surface area (Å²) in [5.74, 6) is 1.58. The zero-order chi connectivity index (χ0) is 20.3. The Balaban J connectivity index is 1.25. The molecule has 4 nitrogen and oxygen atoms in total. The van der Waals surface area contributed by atoms with Crippen molar-refractivity contribution in [3.05, 3.63) is 29.1 Å². The maximum absolute atomic E-state index is 14.3. The molecule has 6 heteroatoms. The highest BCUT2D eigenvalue weighted by atomic mass is 19.1. The average molecular weight is 400 g/mol. The average Bonchev–Trinajstić information content (AvgIpc) is 3.34. The van der Waals surface area contributed by atoms with Crippen molar-refractivity contribution in [2.75, 3.05) is 0 Å². The summed E-state index contributed by atoms with van der Waals surface area (Å²) in [6, 6.07) is 3.42. The SMILES string of the molecule is CC1(C)OCc2c(F)ccc([C@@H]3C[C@@H]3B3OC4CC5CC(C5(C)C)[C@]4(C)O3)c2O1. The molecule has 4 saturated carbocycles. The third-order valence-electron chi connectivity index (χ3n) is 8.70. The van der Waals surface area contributed by atoms with Gasteiger partial charge in [0.25, 0.3) is 0 Å². The van der Waals surface area contributed by atoms with Crippen molar-refractivity contribution >= 4 is 7.12 Å². The Morgan fingerprint density at radius 1 is 1.07 bits per heavy atom. The van der Waals surface area contributed by atoms with Crippen LogP contribution in [0.5, 0.6) is 5.75 Å². The monoisotopic (exact) mass is 400 g/mol. The van der Waals surface area contributed by atoms with Crippen LogP contribution in [0.4, 0.5) is 4.39 Å². The van der Waals surface area contributed by atoms with Crippen LogP contribution in [0.1, 0.15) is 70.9 Å². The van der Waals surface area contributed by atoms with Crippen molar-refractivity contribution in [2.24, 2.45) is 17.3 Å². The van der Waals surface area contributed by atoms with Gasteiger partial charge in [0.15, 0.2) is 0 Å². The number of benzene rings is 1. The molecule has 1 saturated heterocycles. The quantitative estimate of drug-likeness (QED) is 0.651. The lowest BCUT2D eigenvalue weighted by Gasteiger charge is -2.64. The van der Waals surface area contributed by atoms with E-state index in [9.17, 15) is 4.39 Å². The fraction of sp³-hybridized carbons (Fsp3) is 0.739. The topological polar surface area (TPSA) is 36.9 Å². The second-order valence-corrected chi connectivity index (χ2v) is 11.1.